The van der Waals surface area contributed by atoms with E-state index in [-0.39, 0.29) is 12.3 Å². The van der Waals surface area contributed by atoms with E-state index < -0.39 is 11.7 Å². The number of Topliss-reactive ketones (excluding diaryl/α,β-unsaturated/α-hetero) is 1. The normalized spacial score (nSPS) is 10.6. The lowest BCUT2D eigenvalue weighted by atomic mass is 9.95. The standard InChI is InChI=1S/C24H27NO3/c1-17-9-6-10-18(2)21(17)16-22(26)20-13-7-11-19(15-20)12-8-14-25-23(27)28-24(3,4)5/h6-7,9-11,13,15H,14,16H2,1-5H3,(H,25,27). The summed E-state index contributed by atoms with van der Waals surface area (Å²) in [5.74, 6) is 5.91. The Balaban J connectivity index is 2.01. The van der Waals surface area contributed by atoms with Crippen LogP contribution >= 0.6 is 0 Å². The Kier molecular flexibility index (Phi) is 7.00. The van der Waals surface area contributed by atoms with Gasteiger partial charge in [-0.25, -0.2) is 4.79 Å². The van der Waals surface area contributed by atoms with Crippen molar-refractivity contribution >= 4 is 11.9 Å². The van der Waals surface area contributed by atoms with Crippen molar-refractivity contribution in [2.45, 2.75) is 46.6 Å². The number of rotatable bonds is 4. The molecule has 0 aliphatic carbocycles. The molecule has 28 heavy (non-hydrogen) atoms. The van der Waals surface area contributed by atoms with Gasteiger partial charge in [-0.3, -0.25) is 4.79 Å². The Labute approximate surface area is 167 Å². The molecule has 0 unspecified atom stereocenters. The molecule has 0 radical (unpaired) electrons. The van der Waals surface area contributed by atoms with Crippen LogP contribution in [-0.2, 0) is 11.2 Å². The zero-order chi connectivity index (χ0) is 20.7. The lowest BCUT2D eigenvalue weighted by Crippen LogP contribution is -2.32. The molecule has 2 aromatic carbocycles. The van der Waals surface area contributed by atoms with Gasteiger partial charge in [0.15, 0.2) is 5.78 Å². The van der Waals surface area contributed by atoms with E-state index in [1.165, 1.54) is 0 Å². The van der Waals surface area contributed by atoms with Gasteiger partial charge < -0.3 is 10.1 Å². The second kappa shape index (κ2) is 9.23. The number of hydrogen-bond acceptors (Lipinski definition) is 3. The summed E-state index contributed by atoms with van der Waals surface area (Å²) in [5, 5.41) is 2.59. The summed E-state index contributed by atoms with van der Waals surface area (Å²) in [7, 11) is 0. The molecule has 0 bridgehead atoms. The minimum atomic E-state index is -0.540. The third-order valence-electron chi connectivity index (χ3n) is 4.12. The fraction of sp³-hybridized carbons (Fsp3) is 0.333. The predicted molar refractivity (Wildman–Crippen MR) is 112 cm³/mol. The molecule has 0 saturated carbocycles. The number of nitrogens with one attached hydrogen (secondary N) is 1. The first kappa shape index (κ1) is 21.2. The van der Waals surface area contributed by atoms with Crippen LogP contribution < -0.4 is 5.32 Å². The minimum absolute atomic E-state index is 0.0629. The highest BCUT2D eigenvalue weighted by Gasteiger charge is 2.15. The van der Waals surface area contributed by atoms with Crippen LogP contribution in [0, 0.1) is 25.7 Å². The summed E-state index contributed by atoms with van der Waals surface area (Å²) in [5.41, 5.74) is 4.15. The molecule has 0 aliphatic rings. The van der Waals surface area contributed by atoms with Gasteiger partial charge in [0.2, 0.25) is 0 Å². The molecule has 2 rings (SSSR count). The average molecular weight is 377 g/mol. The number of alkyl carbamates (subject to hydrolysis) is 1. The Bertz CT molecular complexity index is 907. The van der Waals surface area contributed by atoms with Crippen molar-refractivity contribution < 1.29 is 14.3 Å². The Morgan fingerprint density at radius 1 is 1.04 bits per heavy atom. The lowest BCUT2D eigenvalue weighted by Gasteiger charge is -2.18. The topological polar surface area (TPSA) is 55.4 Å². The van der Waals surface area contributed by atoms with Gasteiger partial charge in [-0.2, -0.15) is 0 Å². The summed E-state index contributed by atoms with van der Waals surface area (Å²) in [6.07, 6.45) is -0.130. The Morgan fingerprint density at radius 2 is 1.68 bits per heavy atom. The largest absolute Gasteiger partial charge is 0.444 e. The fourth-order valence-electron chi connectivity index (χ4n) is 2.74. The highest BCUT2D eigenvalue weighted by Crippen LogP contribution is 2.17. The van der Waals surface area contributed by atoms with E-state index in [1.807, 2.05) is 44.2 Å². The quantitative estimate of drug-likeness (QED) is 0.625. The fourth-order valence-corrected chi connectivity index (χ4v) is 2.74. The average Bonchev–Trinajstić information content (AvgIpc) is 2.60. The number of ether oxygens (including phenoxy) is 1. The van der Waals surface area contributed by atoms with E-state index in [2.05, 4.69) is 17.2 Å². The Morgan fingerprint density at radius 3 is 2.32 bits per heavy atom. The molecule has 0 atom stereocenters. The molecule has 2 aromatic rings. The maximum atomic E-state index is 12.7. The van der Waals surface area contributed by atoms with Gasteiger partial charge in [0.25, 0.3) is 0 Å². The van der Waals surface area contributed by atoms with Crippen molar-refractivity contribution in [2.75, 3.05) is 6.54 Å². The second-order valence-electron chi connectivity index (χ2n) is 7.71. The van der Waals surface area contributed by atoms with Crippen LogP contribution in [0.3, 0.4) is 0 Å². The number of amides is 1. The highest BCUT2D eigenvalue weighted by atomic mass is 16.6. The van der Waals surface area contributed by atoms with Crippen LogP contribution in [0.2, 0.25) is 0 Å². The monoisotopic (exact) mass is 377 g/mol. The summed E-state index contributed by atoms with van der Waals surface area (Å²) in [6, 6.07) is 13.3. The third-order valence-corrected chi connectivity index (χ3v) is 4.12. The molecule has 0 heterocycles. The van der Waals surface area contributed by atoms with Crippen LogP contribution in [0.1, 0.15) is 53.4 Å². The second-order valence-corrected chi connectivity index (χ2v) is 7.71. The molecule has 0 fully saturated rings. The van der Waals surface area contributed by atoms with Gasteiger partial charge >= 0.3 is 6.09 Å². The van der Waals surface area contributed by atoms with E-state index in [0.29, 0.717) is 12.0 Å². The predicted octanol–water partition coefficient (Wildman–Crippen LogP) is 4.61. The van der Waals surface area contributed by atoms with Gasteiger partial charge in [0, 0.05) is 17.5 Å². The van der Waals surface area contributed by atoms with E-state index in [1.54, 1.807) is 32.9 Å². The van der Waals surface area contributed by atoms with Crippen molar-refractivity contribution in [3.05, 3.63) is 70.3 Å². The molecule has 0 saturated heterocycles. The van der Waals surface area contributed by atoms with Crippen LogP contribution in [0.15, 0.2) is 42.5 Å². The Hall–Kier alpha value is -3.06. The zero-order valence-corrected chi connectivity index (χ0v) is 17.2. The van der Waals surface area contributed by atoms with Gasteiger partial charge in [-0.1, -0.05) is 42.2 Å². The first-order valence-electron chi connectivity index (χ1n) is 9.30. The first-order chi connectivity index (χ1) is 13.2. The number of carbonyl (C=O) groups is 2. The van der Waals surface area contributed by atoms with Crippen molar-refractivity contribution in [1.29, 1.82) is 0 Å². The number of carbonyl (C=O) groups excluding carboxylic acids is 2. The highest BCUT2D eigenvalue weighted by molar-refractivity contribution is 5.98. The van der Waals surface area contributed by atoms with Gasteiger partial charge in [0.05, 0.1) is 6.54 Å². The van der Waals surface area contributed by atoms with Gasteiger partial charge in [-0.15, -0.1) is 0 Å². The maximum absolute atomic E-state index is 12.7. The summed E-state index contributed by atoms with van der Waals surface area (Å²) in [6.45, 7) is 9.64. The lowest BCUT2D eigenvalue weighted by molar-refractivity contribution is 0.0535. The smallest absolute Gasteiger partial charge is 0.408 e. The first-order valence-corrected chi connectivity index (χ1v) is 9.30. The van der Waals surface area contributed by atoms with E-state index in [0.717, 1.165) is 22.3 Å². The van der Waals surface area contributed by atoms with Gasteiger partial charge in [0.1, 0.15) is 5.60 Å². The number of ketones is 1. The van der Waals surface area contributed by atoms with Crippen LogP contribution in [0.4, 0.5) is 4.79 Å². The summed E-state index contributed by atoms with van der Waals surface area (Å²) in [4.78, 5) is 24.3. The molecule has 1 N–H and O–H groups in total. The summed E-state index contributed by atoms with van der Waals surface area (Å²) >= 11 is 0. The minimum Gasteiger partial charge on any atom is -0.444 e. The SMILES string of the molecule is Cc1cccc(C)c1CC(=O)c1cccc(C#CCNC(=O)OC(C)(C)C)c1. The third kappa shape index (κ3) is 6.59. The van der Waals surface area contributed by atoms with Crippen molar-refractivity contribution in [2.24, 2.45) is 0 Å². The van der Waals surface area contributed by atoms with Crippen molar-refractivity contribution in [1.82, 2.24) is 5.32 Å². The molecule has 0 aliphatic heterocycles. The molecule has 1 amide bonds. The van der Waals surface area contributed by atoms with Crippen LogP contribution in [-0.4, -0.2) is 24.0 Å². The molecule has 4 nitrogen and oxygen atoms in total. The molecule has 146 valence electrons. The van der Waals surface area contributed by atoms with Crippen LogP contribution in [0.25, 0.3) is 0 Å². The van der Waals surface area contributed by atoms with Crippen molar-refractivity contribution in [3.63, 3.8) is 0 Å². The number of aryl methyl sites for hydroxylation is 2. The maximum Gasteiger partial charge on any atom is 0.408 e. The molecule has 0 spiro atoms. The molecular weight excluding hydrogens is 350 g/mol. The van der Waals surface area contributed by atoms with E-state index in [4.69, 9.17) is 4.74 Å². The molecular formula is C24H27NO3. The van der Waals surface area contributed by atoms with Gasteiger partial charge in [-0.05, 0) is 63.4 Å². The molecule has 0 aromatic heterocycles. The molecule has 4 heteroatoms. The van der Waals surface area contributed by atoms with E-state index in [9.17, 15) is 9.59 Å². The number of hydrogen-bond donors (Lipinski definition) is 1. The van der Waals surface area contributed by atoms with Crippen LogP contribution in [0.5, 0.6) is 0 Å². The number of benzene rings is 2. The zero-order valence-electron chi connectivity index (χ0n) is 17.2. The van der Waals surface area contributed by atoms with Crippen molar-refractivity contribution in [3.8, 4) is 11.8 Å². The van der Waals surface area contributed by atoms with E-state index >= 15 is 0 Å². The summed E-state index contributed by atoms with van der Waals surface area (Å²) < 4.78 is 5.15.